The Labute approximate surface area is 199 Å². The molecule has 0 unspecified atom stereocenters. The summed E-state index contributed by atoms with van der Waals surface area (Å²) in [6.45, 7) is 4.44. The fraction of sp³-hybridized carbons (Fsp3) is 0.423. The van der Waals surface area contributed by atoms with Gasteiger partial charge >= 0.3 is 5.97 Å². The summed E-state index contributed by atoms with van der Waals surface area (Å²) >= 11 is 0. The minimum Gasteiger partial charge on any atom is -0.493 e. The number of hydrogen-bond donors (Lipinski definition) is 3. The van der Waals surface area contributed by atoms with E-state index in [1.165, 1.54) is 0 Å². The Morgan fingerprint density at radius 2 is 1.74 bits per heavy atom. The minimum absolute atomic E-state index is 0.235. The van der Waals surface area contributed by atoms with Gasteiger partial charge in [-0.05, 0) is 49.9 Å². The highest BCUT2D eigenvalue weighted by atomic mass is 16.5. The van der Waals surface area contributed by atoms with Crippen LogP contribution < -0.4 is 20.3 Å². The molecule has 0 amide bonds. The van der Waals surface area contributed by atoms with Crippen LogP contribution in [-0.4, -0.2) is 34.8 Å². The van der Waals surface area contributed by atoms with Crippen molar-refractivity contribution < 1.29 is 19.4 Å². The Bertz CT molecular complexity index is 1170. The highest BCUT2D eigenvalue weighted by molar-refractivity contribution is 5.97. The summed E-state index contributed by atoms with van der Waals surface area (Å²) in [5.74, 6) is 0.343. The predicted molar refractivity (Wildman–Crippen MR) is 134 cm³/mol. The molecule has 0 fully saturated rings. The lowest BCUT2D eigenvalue weighted by molar-refractivity contribution is -0.137. The first-order valence-electron chi connectivity index (χ1n) is 11.7. The van der Waals surface area contributed by atoms with E-state index in [2.05, 4.69) is 15.3 Å². The quantitative estimate of drug-likeness (QED) is 0.285. The van der Waals surface area contributed by atoms with Gasteiger partial charge in [-0.25, -0.2) is 0 Å². The molecule has 0 aliphatic heterocycles. The summed E-state index contributed by atoms with van der Waals surface area (Å²) in [7, 11) is 1.58. The van der Waals surface area contributed by atoms with Gasteiger partial charge in [0.05, 0.1) is 24.9 Å². The van der Waals surface area contributed by atoms with E-state index in [0.29, 0.717) is 29.3 Å². The molecule has 0 atom stereocenters. The van der Waals surface area contributed by atoms with Crippen LogP contribution in [0, 0.1) is 13.8 Å². The summed E-state index contributed by atoms with van der Waals surface area (Å²) in [5, 5.41) is 12.9. The van der Waals surface area contributed by atoms with E-state index < -0.39 is 5.97 Å². The molecule has 0 saturated heterocycles. The van der Waals surface area contributed by atoms with Crippen LogP contribution in [-0.2, 0) is 4.79 Å². The van der Waals surface area contributed by atoms with Gasteiger partial charge in [-0.2, -0.15) is 0 Å². The Balaban J connectivity index is 1.73. The zero-order valence-electron chi connectivity index (χ0n) is 20.1. The smallest absolute Gasteiger partial charge is 0.303 e. The van der Waals surface area contributed by atoms with Gasteiger partial charge in [0.15, 0.2) is 11.5 Å². The number of fused-ring (bicyclic) bond motifs is 1. The van der Waals surface area contributed by atoms with Crippen LogP contribution >= 0.6 is 0 Å². The molecule has 0 bridgehead atoms. The second kappa shape index (κ2) is 12.1. The molecule has 8 heteroatoms. The zero-order valence-corrected chi connectivity index (χ0v) is 20.1. The molecule has 0 aliphatic carbocycles. The highest BCUT2D eigenvalue weighted by Crippen LogP contribution is 2.37. The number of H-pyrrole nitrogens is 1. The topological polar surface area (TPSA) is 114 Å². The van der Waals surface area contributed by atoms with E-state index in [0.717, 1.165) is 60.7 Å². The van der Waals surface area contributed by atoms with Crippen molar-refractivity contribution in [3.63, 3.8) is 0 Å². The van der Waals surface area contributed by atoms with Gasteiger partial charge in [0.2, 0.25) is 0 Å². The number of ether oxygens (including phenoxy) is 2. The molecular weight excluding hydrogens is 434 g/mol. The van der Waals surface area contributed by atoms with Gasteiger partial charge in [-0.15, -0.1) is 0 Å². The number of aromatic amines is 1. The third-order valence-corrected chi connectivity index (χ3v) is 5.77. The number of carbonyl (C=O) groups is 1. The Morgan fingerprint density at radius 1 is 1.06 bits per heavy atom. The first-order chi connectivity index (χ1) is 16.4. The zero-order chi connectivity index (χ0) is 24.5. The highest BCUT2D eigenvalue weighted by Gasteiger charge is 2.15. The van der Waals surface area contributed by atoms with Gasteiger partial charge < -0.3 is 24.9 Å². The molecule has 34 heavy (non-hydrogen) atoms. The third-order valence-electron chi connectivity index (χ3n) is 5.77. The number of aryl methyl sites for hydroxylation is 2. The molecule has 0 saturated carbocycles. The average molecular weight is 468 g/mol. The summed E-state index contributed by atoms with van der Waals surface area (Å²) in [6.07, 6.45) is 9.35. The number of anilines is 2. The molecule has 182 valence electrons. The van der Waals surface area contributed by atoms with Crippen LogP contribution in [0.5, 0.6) is 11.5 Å². The van der Waals surface area contributed by atoms with Gasteiger partial charge in [-0.1, -0.05) is 25.7 Å². The molecule has 0 radical (unpaired) electrons. The Morgan fingerprint density at radius 3 is 2.41 bits per heavy atom. The maximum absolute atomic E-state index is 12.5. The molecule has 3 N–H and O–H groups in total. The second-order valence-electron chi connectivity index (χ2n) is 8.45. The molecule has 3 rings (SSSR count). The van der Waals surface area contributed by atoms with Crippen LogP contribution in [0.15, 0.2) is 35.4 Å². The van der Waals surface area contributed by atoms with Crippen molar-refractivity contribution in [2.24, 2.45) is 0 Å². The van der Waals surface area contributed by atoms with E-state index in [1.807, 2.05) is 26.0 Å². The van der Waals surface area contributed by atoms with E-state index in [1.54, 1.807) is 25.6 Å². The Hall–Kier alpha value is -3.55. The fourth-order valence-corrected chi connectivity index (χ4v) is 3.98. The van der Waals surface area contributed by atoms with Crippen molar-refractivity contribution in [1.29, 1.82) is 0 Å². The molecule has 8 nitrogen and oxygen atoms in total. The number of pyridine rings is 2. The van der Waals surface area contributed by atoms with E-state index in [9.17, 15) is 9.59 Å². The summed E-state index contributed by atoms with van der Waals surface area (Å²) in [5.41, 5.74) is 3.93. The maximum Gasteiger partial charge on any atom is 0.303 e. The Kier molecular flexibility index (Phi) is 8.90. The monoisotopic (exact) mass is 467 g/mol. The molecule has 0 aliphatic rings. The van der Waals surface area contributed by atoms with Crippen molar-refractivity contribution >= 4 is 28.2 Å². The lowest BCUT2D eigenvalue weighted by atomic mass is 10.1. The van der Waals surface area contributed by atoms with Crippen molar-refractivity contribution in [3.05, 3.63) is 52.1 Å². The van der Waals surface area contributed by atoms with Crippen molar-refractivity contribution in [3.8, 4) is 11.5 Å². The van der Waals surface area contributed by atoms with Gasteiger partial charge in [0, 0.05) is 36.0 Å². The average Bonchev–Trinajstić information content (AvgIpc) is 2.80. The number of benzene rings is 1. The number of unbranched alkanes of at least 4 members (excludes halogenated alkanes) is 5. The number of hydrogen-bond acceptors (Lipinski definition) is 6. The van der Waals surface area contributed by atoms with Crippen molar-refractivity contribution in [1.82, 2.24) is 9.97 Å². The normalized spacial score (nSPS) is 10.9. The van der Waals surface area contributed by atoms with Gasteiger partial charge in [0.25, 0.3) is 5.56 Å². The van der Waals surface area contributed by atoms with Crippen LogP contribution in [0.2, 0.25) is 0 Å². The fourth-order valence-electron chi connectivity index (χ4n) is 3.98. The standard InChI is InChI=1S/C26H33N3O5/c1-17-15-27-16-18(2)24(17)28-20-14-22(30)29-25-19(20)11-12-21(33-3)26(25)34-13-9-7-5-4-6-8-10-23(31)32/h11-12,14-16H,4-10,13H2,1-3H3,(H,31,32)(H2,27,28,29,30). The van der Waals surface area contributed by atoms with E-state index >= 15 is 0 Å². The first kappa shape index (κ1) is 25.1. The molecular formula is C26H33N3O5. The number of carboxylic acid groups (broad SMARTS) is 1. The number of carboxylic acids is 1. The number of aromatic nitrogens is 2. The van der Waals surface area contributed by atoms with Crippen LogP contribution in [0.1, 0.15) is 56.1 Å². The molecule has 1 aromatic carbocycles. The van der Waals surface area contributed by atoms with Crippen LogP contribution in [0.25, 0.3) is 10.9 Å². The predicted octanol–water partition coefficient (Wildman–Crippen LogP) is 5.49. The summed E-state index contributed by atoms with van der Waals surface area (Å²) in [4.78, 5) is 30.2. The molecule has 0 spiro atoms. The molecule has 2 aromatic heterocycles. The second-order valence-corrected chi connectivity index (χ2v) is 8.45. The minimum atomic E-state index is -0.736. The number of methoxy groups -OCH3 is 1. The van der Waals surface area contributed by atoms with E-state index in [-0.39, 0.29) is 12.0 Å². The largest absolute Gasteiger partial charge is 0.493 e. The van der Waals surface area contributed by atoms with Gasteiger partial charge in [0.1, 0.15) is 0 Å². The molecule has 3 aromatic rings. The SMILES string of the molecule is COc1ccc2c(Nc3c(C)cncc3C)cc(=O)[nH]c2c1OCCCCCCCCC(=O)O. The van der Waals surface area contributed by atoms with Crippen LogP contribution in [0.4, 0.5) is 11.4 Å². The number of nitrogens with one attached hydrogen (secondary N) is 2. The van der Waals surface area contributed by atoms with Crippen LogP contribution in [0.3, 0.4) is 0 Å². The number of rotatable bonds is 13. The van der Waals surface area contributed by atoms with Crippen molar-refractivity contribution in [2.75, 3.05) is 19.0 Å². The lowest BCUT2D eigenvalue weighted by Crippen LogP contribution is -2.09. The lowest BCUT2D eigenvalue weighted by Gasteiger charge is -2.17. The maximum atomic E-state index is 12.5. The summed E-state index contributed by atoms with van der Waals surface area (Å²) < 4.78 is 11.6. The number of nitrogens with zero attached hydrogens (tertiary/aromatic N) is 1. The van der Waals surface area contributed by atoms with Crippen molar-refractivity contribution in [2.45, 2.75) is 58.8 Å². The van der Waals surface area contributed by atoms with E-state index in [4.69, 9.17) is 14.6 Å². The number of aliphatic carboxylic acids is 1. The summed E-state index contributed by atoms with van der Waals surface area (Å²) in [6, 6.07) is 5.29. The molecule has 2 heterocycles. The van der Waals surface area contributed by atoms with Gasteiger partial charge in [-0.3, -0.25) is 14.6 Å². The third kappa shape index (κ3) is 6.50. The first-order valence-corrected chi connectivity index (χ1v) is 11.7.